The van der Waals surface area contributed by atoms with Crippen LogP contribution >= 0.6 is 0 Å². The number of likely N-dealkylation sites (N-methyl/N-ethyl adjacent to an activating group) is 1. The van der Waals surface area contributed by atoms with Crippen LogP contribution in [-0.2, 0) is 0 Å². The number of nitrogens with zero attached hydrogens (tertiary/aromatic N) is 2. The van der Waals surface area contributed by atoms with Crippen molar-refractivity contribution in [2.45, 2.75) is 38.8 Å². The van der Waals surface area contributed by atoms with E-state index in [9.17, 15) is 5.11 Å². The topological polar surface area (TPSA) is 38.7 Å². The maximum absolute atomic E-state index is 9.31. The molecule has 0 aromatic carbocycles. The van der Waals surface area contributed by atoms with Crippen molar-refractivity contribution in [2.24, 2.45) is 0 Å². The molecule has 102 valence electrons. The maximum Gasteiger partial charge on any atom is 0.0585 e. The van der Waals surface area contributed by atoms with Gasteiger partial charge < -0.3 is 20.2 Å². The second-order valence-electron chi connectivity index (χ2n) is 5.49. The molecule has 0 saturated carbocycles. The molecule has 0 spiro atoms. The van der Waals surface area contributed by atoms with E-state index in [1.807, 2.05) is 0 Å². The predicted octanol–water partition coefficient (Wildman–Crippen LogP) is 0.373. The summed E-state index contributed by atoms with van der Waals surface area (Å²) in [6, 6.07) is 0.693. The Labute approximate surface area is 106 Å². The summed E-state index contributed by atoms with van der Waals surface area (Å²) in [6.45, 7) is 10.3. The molecule has 0 aromatic heterocycles. The van der Waals surface area contributed by atoms with Crippen LogP contribution in [0.2, 0.25) is 0 Å². The van der Waals surface area contributed by atoms with Crippen molar-refractivity contribution in [3.05, 3.63) is 0 Å². The van der Waals surface area contributed by atoms with Crippen molar-refractivity contribution in [2.75, 3.05) is 46.4 Å². The van der Waals surface area contributed by atoms with Crippen LogP contribution in [-0.4, -0.2) is 73.4 Å². The lowest BCUT2D eigenvalue weighted by Crippen LogP contribution is -2.40. The van der Waals surface area contributed by atoms with Gasteiger partial charge in [-0.3, -0.25) is 0 Å². The normalized spacial score (nSPS) is 21.7. The largest absolute Gasteiger partial charge is 0.395 e. The molecule has 2 N–H and O–H groups in total. The highest BCUT2D eigenvalue weighted by Crippen LogP contribution is 2.03. The molecule has 1 aliphatic heterocycles. The van der Waals surface area contributed by atoms with E-state index >= 15 is 0 Å². The molecule has 1 fully saturated rings. The Kier molecular flexibility index (Phi) is 7.04. The lowest BCUT2D eigenvalue weighted by Gasteiger charge is -2.24. The second kappa shape index (κ2) is 8.03. The van der Waals surface area contributed by atoms with E-state index in [1.54, 1.807) is 0 Å². The lowest BCUT2D eigenvalue weighted by atomic mass is 10.2. The summed E-state index contributed by atoms with van der Waals surface area (Å²) >= 11 is 0. The minimum atomic E-state index is 0.242. The number of nitrogens with one attached hydrogen (secondary N) is 1. The first-order valence-electron chi connectivity index (χ1n) is 6.89. The molecule has 1 unspecified atom stereocenters. The van der Waals surface area contributed by atoms with Gasteiger partial charge in [-0.15, -0.1) is 0 Å². The predicted molar refractivity (Wildman–Crippen MR) is 72.3 cm³/mol. The quantitative estimate of drug-likeness (QED) is 0.707. The van der Waals surface area contributed by atoms with Gasteiger partial charge in [0, 0.05) is 25.2 Å². The third-order valence-corrected chi connectivity index (χ3v) is 3.40. The van der Waals surface area contributed by atoms with Crippen LogP contribution in [0.25, 0.3) is 0 Å². The van der Waals surface area contributed by atoms with Crippen molar-refractivity contribution in [1.82, 2.24) is 15.1 Å². The molecule has 0 bridgehead atoms. The Morgan fingerprint density at radius 2 is 1.94 bits per heavy atom. The van der Waals surface area contributed by atoms with Crippen LogP contribution in [0.15, 0.2) is 0 Å². The molecule has 1 heterocycles. The molecule has 1 aliphatic rings. The molecule has 4 nitrogen and oxygen atoms in total. The van der Waals surface area contributed by atoms with Crippen LogP contribution in [0, 0.1) is 0 Å². The Bertz CT molecular complexity index is 199. The third-order valence-electron chi connectivity index (χ3n) is 3.40. The minimum absolute atomic E-state index is 0.242. The first-order chi connectivity index (χ1) is 8.11. The Morgan fingerprint density at radius 1 is 1.18 bits per heavy atom. The van der Waals surface area contributed by atoms with Crippen molar-refractivity contribution >= 4 is 0 Å². The molecule has 17 heavy (non-hydrogen) atoms. The van der Waals surface area contributed by atoms with E-state index in [0.29, 0.717) is 6.04 Å². The van der Waals surface area contributed by atoms with Crippen LogP contribution in [0.4, 0.5) is 0 Å². The molecule has 0 aliphatic carbocycles. The molecule has 0 radical (unpaired) electrons. The summed E-state index contributed by atoms with van der Waals surface area (Å²) in [4.78, 5) is 4.92. The average molecular weight is 243 g/mol. The number of aliphatic hydroxyl groups excluding tert-OH is 1. The molecule has 1 saturated heterocycles. The second-order valence-corrected chi connectivity index (χ2v) is 5.49. The summed E-state index contributed by atoms with van der Waals surface area (Å²) in [6.07, 6.45) is 2.30. The van der Waals surface area contributed by atoms with E-state index < -0.39 is 0 Å². The fraction of sp³-hybridized carbons (Fsp3) is 1.00. The Morgan fingerprint density at radius 3 is 2.59 bits per heavy atom. The van der Waals surface area contributed by atoms with Crippen LogP contribution in [0.5, 0.6) is 0 Å². The highest BCUT2D eigenvalue weighted by atomic mass is 16.3. The SMILES string of the molecule is CC(C)NC(CO)CCN1CCCN(C)CC1. The van der Waals surface area contributed by atoms with E-state index in [1.165, 1.54) is 26.1 Å². The summed E-state index contributed by atoms with van der Waals surface area (Å²) in [5.41, 5.74) is 0. The Balaban J connectivity index is 2.23. The molecule has 0 aromatic rings. The molecule has 4 heteroatoms. The standard InChI is InChI=1S/C13H29N3O/c1-12(2)14-13(11-17)5-8-16-7-4-6-15(3)9-10-16/h12-14,17H,4-11H2,1-3H3. The molecular formula is C13H29N3O. The number of hydrogen-bond donors (Lipinski definition) is 2. The zero-order chi connectivity index (χ0) is 12.7. The van der Waals surface area contributed by atoms with Gasteiger partial charge in [0.1, 0.15) is 0 Å². The summed E-state index contributed by atoms with van der Waals surface area (Å²) in [5, 5.41) is 12.7. The van der Waals surface area contributed by atoms with Crippen molar-refractivity contribution in [3.63, 3.8) is 0 Å². The molecule has 0 amide bonds. The zero-order valence-electron chi connectivity index (χ0n) is 11.7. The first-order valence-corrected chi connectivity index (χ1v) is 6.89. The molecular weight excluding hydrogens is 214 g/mol. The van der Waals surface area contributed by atoms with Gasteiger partial charge in [0.25, 0.3) is 0 Å². The van der Waals surface area contributed by atoms with Gasteiger partial charge in [0.2, 0.25) is 0 Å². The average Bonchev–Trinajstić information content (AvgIpc) is 2.49. The van der Waals surface area contributed by atoms with Gasteiger partial charge in [0.15, 0.2) is 0 Å². The van der Waals surface area contributed by atoms with Crippen LogP contribution < -0.4 is 5.32 Å². The number of aliphatic hydroxyl groups is 1. The van der Waals surface area contributed by atoms with Crippen molar-refractivity contribution in [3.8, 4) is 0 Å². The van der Waals surface area contributed by atoms with E-state index in [0.717, 1.165) is 19.5 Å². The Hall–Kier alpha value is -0.160. The smallest absolute Gasteiger partial charge is 0.0585 e. The van der Waals surface area contributed by atoms with Crippen molar-refractivity contribution < 1.29 is 5.11 Å². The number of rotatable bonds is 6. The summed E-state index contributed by atoms with van der Waals surface area (Å²) < 4.78 is 0. The van der Waals surface area contributed by atoms with Gasteiger partial charge in [-0.1, -0.05) is 13.8 Å². The fourth-order valence-electron chi connectivity index (χ4n) is 2.36. The first kappa shape index (κ1) is 14.9. The maximum atomic E-state index is 9.31. The molecule has 1 rings (SSSR count). The zero-order valence-corrected chi connectivity index (χ0v) is 11.7. The van der Waals surface area contributed by atoms with E-state index in [-0.39, 0.29) is 12.6 Å². The van der Waals surface area contributed by atoms with Gasteiger partial charge in [-0.05, 0) is 39.5 Å². The van der Waals surface area contributed by atoms with Gasteiger partial charge in [-0.25, -0.2) is 0 Å². The summed E-state index contributed by atoms with van der Waals surface area (Å²) in [5.74, 6) is 0. The molecule has 1 atom stereocenters. The highest BCUT2D eigenvalue weighted by Gasteiger charge is 2.14. The van der Waals surface area contributed by atoms with Gasteiger partial charge in [-0.2, -0.15) is 0 Å². The van der Waals surface area contributed by atoms with Gasteiger partial charge >= 0.3 is 0 Å². The van der Waals surface area contributed by atoms with E-state index in [2.05, 4.69) is 36.0 Å². The lowest BCUT2D eigenvalue weighted by molar-refractivity contribution is 0.201. The van der Waals surface area contributed by atoms with E-state index in [4.69, 9.17) is 0 Å². The highest BCUT2D eigenvalue weighted by molar-refractivity contribution is 4.73. The monoisotopic (exact) mass is 243 g/mol. The van der Waals surface area contributed by atoms with Crippen molar-refractivity contribution in [1.29, 1.82) is 0 Å². The minimum Gasteiger partial charge on any atom is -0.395 e. The third kappa shape index (κ3) is 6.36. The fourth-order valence-corrected chi connectivity index (χ4v) is 2.36. The van der Waals surface area contributed by atoms with Gasteiger partial charge in [0.05, 0.1) is 6.61 Å². The number of hydrogen-bond acceptors (Lipinski definition) is 4. The van der Waals surface area contributed by atoms with Crippen LogP contribution in [0.3, 0.4) is 0 Å². The summed E-state index contributed by atoms with van der Waals surface area (Å²) in [7, 11) is 2.19. The van der Waals surface area contributed by atoms with Crippen LogP contribution in [0.1, 0.15) is 26.7 Å².